The lowest BCUT2D eigenvalue weighted by atomic mass is 10.1. The predicted octanol–water partition coefficient (Wildman–Crippen LogP) is 4.47. The maximum atomic E-state index is 12.8. The van der Waals surface area contributed by atoms with E-state index in [1.54, 1.807) is 23.1 Å². The third-order valence-corrected chi connectivity index (χ3v) is 8.98. The van der Waals surface area contributed by atoms with Crippen molar-refractivity contribution in [3.05, 3.63) is 48.0 Å². The first-order chi connectivity index (χ1) is 16.4. The number of aromatic nitrogens is 1. The van der Waals surface area contributed by atoms with Gasteiger partial charge in [-0.3, -0.25) is 4.90 Å². The Morgan fingerprint density at radius 2 is 1.94 bits per heavy atom. The third-order valence-electron chi connectivity index (χ3n) is 6.61. The van der Waals surface area contributed by atoms with Gasteiger partial charge in [-0.05, 0) is 61.6 Å². The Kier molecular flexibility index (Phi) is 6.46. The van der Waals surface area contributed by atoms with Gasteiger partial charge in [-0.1, -0.05) is 36.3 Å². The number of nitrogens with one attached hydrogen (secondary N) is 3. The van der Waals surface area contributed by atoms with E-state index in [9.17, 15) is 13.2 Å². The molecule has 3 N–H and O–H groups in total. The standard InChI is InChI=1S/C24H29N5O3S2/c1-16(18-6-8-19(9-7-18)29-13-12-25-24(29)30)27-23-28-21-11-10-20(14-22(21)33-23)34(31,32)26-15-17-4-2-3-5-17/h6-11,14,16-17,26H,2-5,12-13,15H2,1H3,(H,25,30)(H,27,28). The lowest BCUT2D eigenvalue weighted by Crippen LogP contribution is -2.28. The molecule has 34 heavy (non-hydrogen) atoms. The molecule has 2 fully saturated rings. The Balaban J connectivity index is 1.26. The van der Waals surface area contributed by atoms with Gasteiger partial charge in [0.1, 0.15) is 0 Å². The highest BCUT2D eigenvalue weighted by atomic mass is 32.2. The maximum Gasteiger partial charge on any atom is 0.321 e. The van der Waals surface area contributed by atoms with Crippen molar-refractivity contribution in [1.29, 1.82) is 0 Å². The molecule has 8 nitrogen and oxygen atoms in total. The molecule has 3 aromatic rings. The van der Waals surface area contributed by atoms with Crippen molar-refractivity contribution in [2.75, 3.05) is 29.9 Å². The van der Waals surface area contributed by atoms with Gasteiger partial charge in [-0.25, -0.2) is 22.9 Å². The summed E-state index contributed by atoms with van der Waals surface area (Å²) in [7, 11) is -3.54. The number of nitrogens with zero attached hydrogens (tertiary/aromatic N) is 2. The number of amides is 2. The number of sulfonamides is 1. The van der Waals surface area contributed by atoms with Crippen LogP contribution in [0.15, 0.2) is 47.4 Å². The molecule has 2 aliphatic rings. The minimum atomic E-state index is -3.54. The summed E-state index contributed by atoms with van der Waals surface area (Å²) in [5.41, 5.74) is 2.72. The van der Waals surface area contributed by atoms with Crippen LogP contribution in [-0.4, -0.2) is 39.1 Å². The fraction of sp³-hybridized carbons (Fsp3) is 0.417. The van der Waals surface area contributed by atoms with Crippen LogP contribution in [0.3, 0.4) is 0 Å². The molecule has 5 rings (SSSR count). The lowest BCUT2D eigenvalue weighted by Gasteiger charge is -2.17. The van der Waals surface area contributed by atoms with Gasteiger partial charge in [0, 0.05) is 25.3 Å². The van der Waals surface area contributed by atoms with Crippen molar-refractivity contribution in [3.63, 3.8) is 0 Å². The van der Waals surface area contributed by atoms with Crippen LogP contribution in [0.1, 0.15) is 44.2 Å². The van der Waals surface area contributed by atoms with Crippen LogP contribution < -0.4 is 20.3 Å². The molecule has 2 aromatic carbocycles. The zero-order valence-electron chi connectivity index (χ0n) is 19.1. The minimum absolute atomic E-state index is 0.00158. The summed E-state index contributed by atoms with van der Waals surface area (Å²) in [4.78, 5) is 18.5. The summed E-state index contributed by atoms with van der Waals surface area (Å²) >= 11 is 1.44. The first-order valence-electron chi connectivity index (χ1n) is 11.7. The zero-order valence-corrected chi connectivity index (χ0v) is 20.7. The number of anilines is 2. The van der Waals surface area contributed by atoms with E-state index in [1.165, 1.54) is 24.2 Å². The van der Waals surface area contributed by atoms with Gasteiger partial charge in [0.15, 0.2) is 5.13 Å². The second kappa shape index (κ2) is 9.52. The van der Waals surface area contributed by atoms with E-state index in [4.69, 9.17) is 0 Å². The van der Waals surface area contributed by atoms with Crippen LogP contribution >= 0.6 is 11.3 Å². The van der Waals surface area contributed by atoms with Gasteiger partial charge < -0.3 is 10.6 Å². The van der Waals surface area contributed by atoms with E-state index in [0.717, 1.165) is 39.4 Å². The third kappa shape index (κ3) is 4.89. The smallest absolute Gasteiger partial charge is 0.321 e. The van der Waals surface area contributed by atoms with Crippen molar-refractivity contribution in [2.45, 2.75) is 43.5 Å². The molecular weight excluding hydrogens is 470 g/mol. The van der Waals surface area contributed by atoms with E-state index in [1.807, 2.05) is 31.2 Å². The van der Waals surface area contributed by atoms with Crippen molar-refractivity contribution < 1.29 is 13.2 Å². The average molecular weight is 500 g/mol. The molecular formula is C24H29N5O3S2. The lowest BCUT2D eigenvalue weighted by molar-refractivity contribution is 0.252. The SMILES string of the molecule is CC(Nc1nc2ccc(S(=O)(=O)NCC3CCCC3)cc2s1)c1ccc(N2CCNC2=O)cc1. The monoisotopic (exact) mass is 499 g/mol. The largest absolute Gasteiger partial charge is 0.355 e. The topological polar surface area (TPSA) is 103 Å². The first kappa shape index (κ1) is 23.1. The Bertz CT molecular complexity index is 1280. The number of thiazole rings is 1. The minimum Gasteiger partial charge on any atom is -0.355 e. The Hall–Kier alpha value is -2.69. The quantitative estimate of drug-likeness (QED) is 0.424. The number of benzene rings is 2. The summed E-state index contributed by atoms with van der Waals surface area (Å²) in [5, 5.41) is 6.96. The molecule has 0 radical (unpaired) electrons. The van der Waals surface area contributed by atoms with Gasteiger partial charge in [0.2, 0.25) is 10.0 Å². The summed E-state index contributed by atoms with van der Waals surface area (Å²) in [6.07, 6.45) is 4.57. The molecule has 0 spiro atoms. The molecule has 2 amide bonds. The van der Waals surface area contributed by atoms with E-state index in [2.05, 4.69) is 20.3 Å². The van der Waals surface area contributed by atoms with Crippen molar-refractivity contribution in [3.8, 4) is 0 Å². The number of hydrogen-bond acceptors (Lipinski definition) is 6. The summed E-state index contributed by atoms with van der Waals surface area (Å²) < 4.78 is 29.2. The molecule has 1 aromatic heterocycles. The summed E-state index contributed by atoms with van der Waals surface area (Å²) in [6, 6.07) is 12.9. The van der Waals surface area contributed by atoms with E-state index in [0.29, 0.717) is 25.6 Å². The second-order valence-electron chi connectivity index (χ2n) is 8.99. The molecule has 180 valence electrons. The molecule has 1 aliphatic carbocycles. The van der Waals surface area contributed by atoms with Crippen LogP contribution in [-0.2, 0) is 10.0 Å². The molecule has 1 saturated carbocycles. The second-order valence-corrected chi connectivity index (χ2v) is 11.8. The van der Waals surface area contributed by atoms with Crippen LogP contribution in [0.25, 0.3) is 10.2 Å². The van der Waals surface area contributed by atoms with Crippen molar-refractivity contribution in [2.24, 2.45) is 5.92 Å². The Labute approximate surface area is 203 Å². The number of fused-ring (bicyclic) bond motifs is 1. The van der Waals surface area contributed by atoms with Gasteiger partial charge in [0.05, 0.1) is 21.2 Å². The van der Waals surface area contributed by atoms with Gasteiger partial charge in [-0.15, -0.1) is 0 Å². The van der Waals surface area contributed by atoms with Crippen molar-refractivity contribution >= 4 is 48.4 Å². The zero-order chi connectivity index (χ0) is 23.7. The molecule has 2 heterocycles. The fourth-order valence-electron chi connectivity index (χ4n) is 4.59. The number of rotatable bonds is 8. The molecule has 1 aliphatic heterocycles. The normalized spacial score (nSPS) is 17.9. The Morgan fingerprint density at radius 1 is 1.18 bits per heavy atom. The van der Waals surface area contributed by atoms with Crippen LogP contribution in [0.2, 0.25) is 0 Å². The van der Waals surface area contributed by atoms with Crippen LogP contribution in [0, 0.1) is 5.92 Å². The average Bonchev–Trinajstić information content (AvgIpc) is 3.58. The first-order valence-corrected chi connectivity index (χ1v) is 14.0. The van der Waals surface area contributed by atoms with Crippen molar-refractivity contribution in [1.82, 2.24) is 15.0 Å². The molecule has 10 heteroatoms. The number of hydrogen-bond donors (Lipinski definition) is 3. The molecule has 0 bridgehead atoms. The highest BCUT2D eigenvalue weighted by Gasteiger charge is 2.22. The fourth-order valence-corrected chi connectivity index (χ4v) is 6.80. The molecule has 1 unspecified atom stereocenters. The number of carbonyl (C=O) groups excluding carboxylic acids is 1. The molecule has 1 saturated heterocycles. The number of urea groups is 1. The van der Waals surface area contributed by atoms with Gasteiger partial charge in [-0.2, -0.15) is 0 Å². The Morgan fingerprint density at radius 3 is 2.65 bits per heavy atom. The van der Waals surface area contributed by atoms with Crippen LogP contribution in [0.5, 0.6) is 0 Å². The van der Waals surface area contributed by atoms with Gasteiger partial charge in [0.25, 0.3) is 0 Å². The van der Waals surface area contributed by atoms with E-state index >= 15 is 0 Å². The highest BCUT2D eigenvalue weighted by molar-refractivity contribution is 7.89. The predicted molar refractivity (Wildman–Crippen MR) is 136 cm³/mol. The molecule has 1 atom stereocenters. The summed E-state index contributed by atoms with van der Waals surface area (Å²) in [6.45, 7) is 3.89. The van der Waals surface area contributed by atoms with E-state index in [-0.39, 0.29) is 17.0 Å². The van der Waals surface area contributed by atoms with E-state index < -0.39 is 10.0 Å². The maximum absolute atomic E-state index is 12.8. The van der Waals surface area contributed by atoms with Crippen LogP contribution in [0.4, 0.5) is 15.6 Å². The summed E-state index contributed by atoms with van der Waals surface area (Å²) in [5.74, 6) is 0.445. The number of carbonyl (C=O) groups is 1. The van der Waals surface area contributed by atoms with Gasteiger partial charge >= 0.3 is 6.03 Å². The highest BCUT2D eigenvalue weighted by Crippen LogP contribution is 2.31.